The molecule has 5 nitrogen and oxygen atoms in total. The average Bonchev–Trinajstić information content (AvgIpc) is 2.88. The molecule has 4 rings (SSSR count). The molecule has 0 atom stereocenters. The summed E-state index contributed by atoms with van der Waals surface area (Å²) in [6.45, 7) is 8.61. The molecule has 0 aliphatic carbocycles. The van der Waals surface area contributed by atoms with E-state index < -0.39 is 5.60 Å². The first-order valence-corrected chi connectivity index (χ1v) is 10.4. The van der Waals surface area contributed by atoms with Crippen LogP contribution >= 0.6 is 0 Å². The number of rotatable bonds is 1. The minimum Gasteiger partial charge on any atom is -0.490 e. The first kappa shape index (κ1) is 19.6. The number of carbonyl (C=O) groups is 1. The number of likely N-dealkylation sites (N-methyl/N-ethyl adjacent to an activating group) is 1. The summed E-state index contributed by atoms with van der Waals surface area (Å²) in [5.41, 5.74) is 5.70. The summed E-state index contributed by atoms with van der Waals surface area (Å²) in [4.78, 5) is 16.8. The molecule has 2 aromatic carbocycles. The molecule has 2 aliphatic rings. The molecule has 2 aliphatic heterocycles. The Balaban J connectivity index is 1.74. The number of anilines is 1. The molecule has 0 radical (unpaired) electrons. The van der Waals surface area contributed by atoms with Crippen molar-refractivity contribution in [1.82, 2.24) is 4.90 Å². The van der Waals surface area contributed by atoms with Gasteiger partial charge in [0, 0.05) is 25.7 Å². The Morgan fingerprint density at radius 2 is 1.79 bits per heavy atom. The molecule has 0 saturated carbocycles. The van der Waals surface area contributed by atoms with Crippen molar-refractivity contribution >= 4 is 11.8 Å². The number of ether oxygens (including phenoxy) is 2. The van der Waals surface area contributed by atoms with Crippen LogP contribution in [0.4, 0.5) is 10.5 Å². The molecule has 0 bridgehead atoms. The van der Waals surface area contributed by atoms with Crippen molar-refractivity contribution in [2.24, 2.45) is 0 Å². The number of hydrogen-bond donors (Lipinski definition) is 0. The zero-order chi connectivity index (χ0) is 20.6. The third kappa shape index (κ3) is 4.04. The van der Waals surface area contributed by atoms with Crippen molar-refractivity contribution in [3.8, 4) is 16.9 Å². The molecule has 0 spiro atoms. The van der Waals surface area contributed by atoms with Gasteiger partial charge in [0.2, 0.25) is 0 Å². The molecule has 5 heteroatoms. The van der Waals surface area contributed by atoms with E-state index in [4.69, 9.17) is 9.47 Å². The van der Waals surface area contributed by atoms with Crippen molar-refractivity contribution in [2.75, 3.05) is 38.2 Å². The minimum atomic E-state index is -0.485. The Hall–Kier alpha value is -2.69. The maximum atomic E-state index is 12.7. The average molecular weight is 395 g/mol. The quantitative estimate of drug-likeness (QED) is 0.713. The Bertz CT molecular complexity index is 903. The maximum absolute atomic E-state index is 12.7. The van der Waals surface area contributed by atoms with Crippen LogP contribution in [0.3, 0.4) is 0 Å². The Kier molecular flexibility index (Phi) is 5.15. The maximum Gasteiger partial charge on any atom is 0.410 e. The summed E-state index contributed by atoms with van der Waals surface area (Å²) >= 11 is 0. The summed E-state index contributed by atoms with van der Waals surface area (Å²) in [6.07, 6.45) is 1.37. The summed E-state index contributed by atoms with van der Waals surface area (Å²) in [7, 11) is 2.13. The van der Waals surface area contributed by atoms with Gasteiger partial charge < -0.3 is 19.3 Å². The van der Waals surface area contributed by atoms with Crippen molar-refractivity contribution < 1.29 is 14.3 Å². The van der Waals surface area contributed by atoms with Gasteiger partial charge in [-0.25, -0.2) is 4.79 Å². The van der Waals surface area contributed by atoms with Gasteiger partial charge in [-0.1, -0.05) is 30.3 Å². The fraction of sp³-hybridized carbons (Fsp3) is 0.458. The molecular weight excluding hydrogens is 364 g/mol. The van der Waals surface area contributed by atoms with Crippen molar-refractivity contribution in [2.45, 2.75) is 39.2 Å². The lowest BCUT2D eigenvalue weighted by Gasteiger charge is -2.32. The molecule has 0 N–H and O–H groups in total. The van der Waals surface area contributed by atoms with E-state index in [2.05, 4.69) is 42.3 Å². The summed E-state index contributed by atoms with van der Waals surface area (Å²) < 4.78 is 11.7. The number of hydrogen-bond acceptors (Lipinski definition) is 4. The Labute approximate surface area is 173 Å². The van der Waals surface area contributed by atoms with Crippen LogP contribution in [0, 0.1) is 0 Å². The highest BCUT2D eigenvalue weighted by atomic mass is 16.6. The van der Waals surface area contributed by atoms with Crippen LogP contribution in [0.25, 0.3) is 11.1 Å². The van der Waals surface area contributed by atoms with Gasteiger partial charge in [0.15, 0.2) is 0 Å². The van der Waals surface area contributed by atoms with Crippen molar-refractivity contribution in [3.05, 3.63) is 47.5 Å². The van der Waals surface area contributed by atoms with Gasteiger partial charge in [-0.3, -0.25) is 0 Å². The summed E-state index contributed by atoms with van der Waals surface area (Å²) in [6, 6.07) is 12.7. The number of benzene rings is 2. The highest BCUT2D eigenvalue weighted by Crippen LogP contribution is 2.45. The standard InChI is InChI=1S/C24H30N2O3/c1-24(2,3)29-23(27)26-12-10-18-16-20-22(25(4)14-15-28-20)21(19(18)11-13-26)17-8-6-5-7-9-17/h5-9,16H,10-15H2,1-4H3. The largest absolute Gasteiger partial charge is 0.490 e. The van der Waals surface area contributed by atoms with Crippen LogP contribution in [0.2, 0.25) is 0 Å². The highest BCUT2D eigenvalue weighted by molar-refractivity contribution is 5.87. The topological polar surface area (TPSA) is 42.0 Å². The molecule has 0 fully saturated rings. The van der Waals surface area contributed by atoms with E-state index in [1.165, 1.54) is 22.3 Å². The number of fused-ring (bicyclic) bond motifs is 2. The molecule has 2 heterocycles. The molecule has 0 aromatic heterocycles. The van der Waals surface area contributed by atoms with E-state index in [0.29, 0.717) is 19.7 Å². The van der Waals surface area contributed by atoms with Crippen LogP contribution in [0.15, 0.2) is 36.4 Å². The molecular formula is C24H30N2O3. The molecule has 29 heavy (non-hydrogen) atoms. The zero-order valence-electron chi connectivity index (χ0n) is 17.8. The van der Waals surface area contributed by atoms with Gasteiger partial charge in [0.05, 0.1) is 12.2 Å². The normalized spacial score (nSPS) is 16.4. The van der Waals surface area contributed by atoms with Crippen LogP contribution in [-0.2, 0) is 17.6 Å². The predicted octanol–water partition coefficient (Wildman–Crippen LogP) is 4.52. The van der Waals surface area contributed by atoms with Crippen LogP contribution in [0.1, 0.15) is 31.9 Å². The van der Waals surface area contributed by atoms with Crippen molar-refractivity contribution in [3.63, 3.8) is 0 Å². The Morgan fingerprint density at radius 1 is 1.07 bits per heavy atom. The summed E-state index contributed by atoms with van der Waals surface area (Å²) in [5.74, 6) is 0.946. The van der Waals surface area contributed by atoms with Gasteiger partial charge in [-0.05, 0) is 56.4 Å². The molecule has 154 valence electrons. The molecule has 2 aromatic rings. The number of amides is 1. The molecule has 0 unspecified atom stereocenters. The second kappa shape index (κ2) is 7.62. The van der Waals surface area contributed by atoms with Gasteiger partial charge in [-0.2, -0.15) is 0 Å². The number of carbonyl (C=O) groups excluding carboxylic acids is 1. The van der Waals surface area contributed by atoms with Gasteiger partial charge in [-0.15, -0.1) is 0 Å². The highest BCUT2D eigenvalue weighted by Gasteiger charge is 2.29. The van der Waals surface area contributed by atoms with E-state index >= 15 is 0 Å². The predicted molar refractivity (Wildman–Crippen MR) is 116 cm³/mol. The third-order valence-electron chi connectivity index (χ3n) is 5.53. The van der Waals surface area contributed by atoms with E-state index in [1.807, 2.05) is 31.7 Å². The first-order valence-electron chi connectivity index (χ1n) is 10.4. The lowest BCUT2D eigenvalue weighted by molar-refractivity contribution is 0.0258. The zero-order valence-corrected chi connectivity index (χ0v) is 17.8. The smallest absolute Gasteiger partial charge is 0.410 e. The lowest BCUT2D eigenvalue weighted by Crippen LogP contribution is -2.38. The SMILES string of the molecule is CN1CCOc2cc3c(c(-c4ccccc4)c21)CCN(C(=O)OC(C)(C)C)CC3. The van der Waals surface area contributed by atoms with E-state index in [0.717, 1.165) is 30.8 Å². The monoisotopic (exact) mass is 394 g/mol. The second-order valence-corrected chi connectivity index (χ2v) is 8.84. The molecule has 1 amide bonds. The van der Waals surface area contributed by atoms with Gasteiger partial charge >= 0.3 is 6.09 Å². The molecule has 0 saturated heterocycles. The fourth-order valence-electron chi connectivity index (χ4n) is 4.18. The van der Waals surface area contributed by atoms with E-state index in [9.17, 15) is 4.79 Å². The van der Waals surface area contributed by atoms with Crippen LogP contribution in [0.5, 0.6) is 5.75 Å². The fourth-order valence-corrected chi connectivity index (χ4v) is 4.18. The lowest BCUT2D eigenvalue weighted by atomic mass is 9.89. The first-order chi connectivity index (χ1) is 13.8. The summed E-state index contributed by atoms with van der Waals surface area (Å²) in [5, 5.41) is 0. The van der Waals surface area contributed by atoms with Gasteiger partial charge in [0.25, 0.3) is 0 Å². The van der Waals surface area contributed by atoms with Gasteiger partial charge in [0.1, 0.15) is 18.0 Å². The minimum absolute atomic E-state index is 0.232. The third-order valence-corrected chi connectivity index (χ3v) is 5.53. The number of nitrogens with zero attached hydrogens (tertiary/aromatic N) is 2. The van der Waals surface area contributed by atoms with Crippen LogP contribution in [-0.4, -0.2) is 49.9 Å². The second-order valence-electron chi connectivity index (χ2n) is 8.84. The van der Waals surface area contributed by atoms with E-state index in [1.54, 1.807) is 0 Å². The Morgan fingerprint density at radius 3 is 2.52 bits per heavy atom. The van der Waals surface area contributed by atoms with E-state index in [-0.39, 0.29) is 6.09 Å². The van der Waals surface area contributed by atoms with Crippen molar-refractivity contribution in [1.29, 1.82) is 0 Å². The van der Waals surface area contributed by atoms with Crippen LogP contribution < -0.4 is 9.64 Å².